The minimum Gasteiger partial charge on any atom is -0.395 e. The van der Waals surface area contributed by atoms with Gasteiger partial charge in [0.1, 0.15) is 0 Å². The average molecular weight is 669 g/mol. The molecule has 1 unspecified atom stereocenters. The number of carbonyl (C=O) groups excluding carboxylic acids is 1. The Morgan fingerprint density at radius 2 is 1.85 bits per heavy atom. The van der Waals surface area contributed by atoms with E-state index in [1.54, 1.807) is 27.8 Å². The molecule has 1 amide bonds. The number of fused-ring (bicyclic) bond motifs is 1. The Morgan fingerprint density at radius 3 is 2.58 bits per heavy atom. The van der Waals surface area contributed by atoms with Gasteiger partial charge in [-0.1, -0.05) is 78.4 Å². The number of allylic oxidation sites excluding steroid dienone is 1. The van der Waals surface area contributed by atoms with Crippen molar-refractivity contribution in [3.63, 3.8) is 0 Å². The number of aryl methyl sites for hydroxylation is 1. The third kappa shape index (κ3) is 5.72. The van der Waals surface area contributed by atoms with Crippen LogP contribution in [-0.4, -0.2) is 37.7 Å². The Labute approximate surface area is 252 Å². The van der Waals surface area contributed by atoms with Crippen LogP contribution in [-0.2, 0) is 23.5 Å². The molecule has 1 aliphatic rings. The first-order valence-corrected chi connectivity index (χ1v) is 14.6. The molecule has 9 heteroatoms. The maximum atomic E-state index is 13.7. The molecule has 0 saturated heterocycles. The van der Waals surface area contributed by atoms with Crippen molar-refractivity contribution in [1.29, 1.82) is 0 Å². The molecule has 1 aliphatic heterocycles. The summed E-state index contributed by atoms with van der Waals surface area (Å²) >= 11 is 8.55. The van der Waals surface area contributed by atoms with E-state index >= 15 is 0 Å². The fourth-order valence-electron chi connectivity index (χ4n) is 5.13. The lowest BCUT2D eigenvalue weighted by Crippen LogP contribution is -2.44. The number of hydrogen-bond acceptors (Lipinski definition) is 5. The van der Waals surface area contributed by atoms with Gasteiger partial charge in [-0.15, -0.1) is 5.10 Å². The summed E-state index contributed by atoms with van der Waals surface area (Å²) in [6, 6.07) is 22.9. The van der Waals surface area contributed by atoms with Crippen molar-refractivity contribution in [2.75, 3.05) is 11.5 Å². The van der Waals surface area contributed by atoms with Crippen LogP contribution >= 0.6 is 34.2 Å². The SMILES string of the molecule is C[C@@H](/C=C/CCn1cc(C(CO)c2ccccc2)nn1)[C@]1(O)C(=O)N(Cc2ccc(I)cc2)c2ccc(Cl)cc21. The second-order valence-electron chi connectivity index (χ2n) is 10.0. The number of aromatic nitrogens is 3. The molecular formula is C31H30ClIN4O3. The van der Waals surface area contributed by atoms with Crippen molar-refractivity contribution < 1.29 is 15.0 Å². The van der Waals surface area contributed by atoms with Gasteiger partial charge in [-0.3, -0.25) is 9.48 Å². The summed E-state index contributed by atoms with van der Waals surface area (Å²) in [6.45, 7) is 2.71. The highest BCUT2D eigenvalue weighted by Crippen LogP contribution is 2.46. The summed E-state index contributed by atoms with van der Waals surface area (Å²) in [5, 5.41) is 30.7. The molecular weight excluding hydrogens is 639 g/mol. The van der Waals surface area contributed by atoms with Crippen LogP contribution in [0.1, 0.15) is 41.6 Å². The highest BCUT2D eigenvalue weighted by molar-refractivity contribution is 14.1. The third-order valence-electron chi connectivity index (χ3n) is 7.39. The van der Waals surface area contributed by atoms with E-state index in [1.807, 2.05) is 79.9 Å². The van der Waals surface area contributed by atoms with Crippen LogP contribution in [0.3, 0.4) is 0 Å². The van der Waals surface area contributed by atoms with Gasteiger partial charge in [0.25, 0.3) is 5.91 Å². The van der Waals surface area contributed by atoms with Crippen molar-refractivity contribution in [2.24, 2.45) is 5.92 Å². The van der Waals surface area contributed by atoms with Crippen LogP contribution in [0, 0.1) is 9.49 Å². The van der Waals surface area contributed by atoms with E-state index in [0.717, 1.165) is 14.7 Å². The van der Waals surface area contributed by atoms with Crippen molar-refractivity contribution in [1.82, 2.24) is 15.0 Å². The maximum Gasteiger partial charge on any atom is 0.264 e. The number of amides is 1. The molecule has 2 heterocycles. The molecule has 40 heavy (non-hydrogen) atoms. The Kier molecular flexibility index (Phi) is 8.70. The Bertz CT molecular complexity index is 1510. The molecule has 0 fully saturated rings. The summed E-state index contributed by atoms with van der Waals surface area (Å²) < 4.78 is 2.85. The van der Waals surface area contributed by atoms with Gasteiger partial charge in [0.05, 0.1) is 30.5 Å². The van der Waals surface area contributed by atoms with E-state index in [9.17, 15) is 15.0 Å². The zero-order chi connectivity index (χ0) is 28.3. The number of hydrogen-bond donors (Lipinski definition) is 2. The first kappa shape index (κ1) is 28.5. The molecule has 0 spiro atoms. The zero-order valence-corrected chi connectivity index (χ0v) is 24.9. The molecule has 7 nitrogen and oxygen atoms in total. The van der Waals surface area contributed by atoms with Crippen LogP contribution < -0.4 is 4.90 Å². The lowest BCUT2D eigenvalue weighted by Gasteiger charge is -2.27. The quantitative estimate of drug-likeness (QED) is 0.168. The molecule has 3 aromatic carbocycles. The lowest BCUT2D eigenvalue weighted by atomic mass is 9.83. The van der Waals surface area contributed by atoms with E-state index < -0.39 is 11.5 Å². The molecule has 206 valence electrons. The number of carbonyl (C=O) groups is 1. The first-order chi connectivity index (χ1) is 19.3. The summed E-state index contributed by atoms with van der Waals surface area (Å²) in [7, 11) is 0. The largest absolute Gasteiger partial charge is 0.395 e. The fourth-order valence-corrected chi connectivity index (χ4v) is 5.66. The average Bonchev–Trinajstić information content (AvgIpc) is 3.51. The monoisotopic (exact) mass is 668 g/mol. The second kappa shape index (κ2) is 12.2. The van der Waals surface area contributed by atoms with Gasteiger partial charge >= 0.3 is 0 Å². The molecule has 0 saturated carbocycles. The molecule has 0 aliphatic carbocycles. The Hall–Kier alpha value is -3.05. The molecule has 4 aromatic rings. The molecule has 1 aromatic heterocycles. The van der Waals surface area contributed by atoms with E-state index in [2.05, 4.69) is 32.9 Å². The van der Waals surface area contributed by atoms with E-state index in [0.29, 0.717) is 41.5 Å². The second-order valence-corrected chi connectivity index (χ2v) is 11.7. The van der Waals surface area contributed by atoms with E-state index in [-0.39, 0.29) is 18.4 Å². The highest BCUT2D eigenvalue weighted by Gasteiger charge is 2.52. The van der Waals surface area contributed by atoms with Crippen LogP contribution in [0.2, 0.25) is 5.02 Å². The highest BCUT2D eigenvalue weighted by atomic mass is 127. The molecule has 2 N–H and O–H groups in total. The predicted molar refractivity (Wildman–Crippen MR) is 164 cm³/mol. The van der Waals surface area contributed by atoms with Crippen LogP contribution in [0.5, 0.6) is 0 Å². The first-order valence-electron chi connectivity index (χ1n) is 13.1. The summed E-state index contributed by atoms with van der Waals surface area (Å²) in [5.74, 6) is -1.10. The molecule has 0 bridgehead atoms. The molecule has 3 atom stereocenters. The number of nitrogens with zero attached hydrogens (tertiary/aromatic N) is 4. The summed E-state index contributed by atoms with van der Waals surface area (Å²) in [6.07, 6.45) is 6.29. The number of halogens is 2. The van der Waals surface area contributed by atoms with Crippen LogP contribution in [0.25, 0.3) is 0 Å². The topological polar surface area (TPSA) is 91.5 Å². The minimum absolute atomic E-state index is 0.0567. The predicted octanol–water partition coefficient (Wildman–Crippen LogP) is 5.68. The summed E-state index contributed by atoms with van der Waals surface area (Å²) in [4.78, 5) is 15.4. The van der Waals surface area contributed by atoms with Crippen LogP contribution in [0.4, 0.5) is 5.69 Å². The van der Waals surface area contributed by atoms with Crippen molar-refractivity contribution >= 4 is 45.8 Å². The number of anilines is 1. The van der Waals surface area contributed by atoms with E-state index in [1.165, 1.54) is 0 Å². The number of aliphatic hydroxyl groups excluding tert-OH is 1. The third-order valence-corrected chi connectivity index (χ3v) is 8.35. The normalized spacial score (nSPS) is 18.3. The Morgan fingerprint density at radius 1 is 1.10 bits per heavy atom. The maximum absolute atomic E-state index is 13.7. The van der Waals surface area contributed by atoms with Gasteiger partial charge in [0.2, 0.25) is 0 Å². The lowest BCUT2D eigenvalue weighted by molar-refractivity contribution is -0.139. The molecule has 0 radical (unpaired) electrons. The van der Waals surface area contributed by atoms with Gasteiger partial charge in [0.15, 0.2) is 5.60 Å². The van der Waals surface area contributed by atoms with E-state index in [4.69, 9.17) is 11.6 Å². The number of rotatable bonds is 10. The zero-order valence-electron chi connectivity index (χ0n) is 22.0. The van der Waals surface area contributed by atoms with Gasteiger partial charge in [-0.05, 0) is 70.5 Å². The molecule has 5 rings (SSSR count). The standard InChI is InChI=1S/C31H30ClIN4O3/c1-21(7-5-6-16-36-19-28(34-35-36)26(20-38)23-8-3-2-4-9-23)31(40)27-17-24(32)12-15-29(27)37(30(31)39)18-22-10-13-25(33)14-11-22/h2-5,7-15,17,19,21,26,38,40H,6,16,18,20H2,1H3/b7-5+/t21-,26?,31+/m0/s1. The van der Waals surface area contributed by atoms with Gasteiger partial charge in [-0.2, -0.15) is 0 Å². The number of benzene rings is 3. The van der Waals surface area contributed by atoms with Gasteiger partial charge < -0.3 is 15.1 Å². The fraction of sp³-hybridized carbons (Fsp3) is 0.258. The Balaban J connectivity index is 1.28. The minimum atomic E-state index is -1.73. The smallest absolute Gasteiger partial charge is 0.264 e. The van der Waals surface area contributed by atoms with Crippen molar-refractivity contribution in [2.45, 2.75) is 38.0 Å². The van der Waals surface area contributed by atoms with Crippen molar-refractivity contribution in [3.05, 3.63) is 122 Å². The van der Waals surface area contributed by atoms with Gasteiger partial charge in [-0.25, -0.2) is 0 Å². The van der Waals surface area contributed by atoms with Crippen LogP contribution in [0.15, 0.2) is 91.1 Å². The number of aliphatic hydroxyl groups is 2. The summed E-state index contributed by atoms with van der Waals surface area (Å²) in [5.41, 5.74) is 2.12. The van der Waals surface area contributed by atoms with Crippen molar-refractivity contribution in [3.8, 4) is 0 Å². The van der Waals surface area contributed by atoms with Gasteiger partial charge in [0, 0.05) is 32.8 Å².